The number of carbonyl (C=O) groups excluding carboxylic acids is 1. The quantitative estimate of drug-likeness (QED) is 0.627. The van der Waals surface area contributed by atoms with Crippen LogP contribution in [-0.2, 0) is 14.3 Å². The molecule has 0 radical (unpaired) electrons. The first kappa shape index (κ1) is 21.6. The van der Waals surface area contributed by atoms with Gasteiger partial charge in [-0.1, -0.05) is 41.5 Å². The lowest BCUT2D eigenvalue weighted by molar-refractivity contribution is -0.154. The molecule has 28 heavy (non-hydrogen) atoms. The molecular formula is C24H40O4. The zero-order valence-corrected chi connectivity index (χ0v) is 18.9. The summed E-state index contributed by atoms with van der Waals surface area (Å²) in [7, 11) is 0. The predicted molar refractivity (Wildman–Crippen MR) is 110 cm³/mol. The monoisotopic (exact) mass is 392 g/mol. The van der Waals surface area contributed by atoms with Crippen LogP contribution in [-0.4, -0.2) is 23.1 Å². The number of esters is 1. The van der Waals surface area contributed by atoms with Crippen LogP contribution in [0.25, 0.3) is 0 Å². The Morgan fingerprint density at radius 1 is 0.893 bits per heavy atom. The third-order valence-electron chi connectivity index (χ3n) is 10.4. The molecule has 0 aliphatic heterocycles. The van der Waals surface area contributed by atoms with Gasteiger partial charge < -0.3 is 9.84 Å². The van der Waals surface area contributed by atoms with Crippen molar-refractivity contribution in [2.75, 3.05) is 0 Å². The van der Waals surface area contributed by atoms with Crippen molar-refractivity contribution in [3.8, 4) is 0 Å². The largest absolute Gasteiger partial charge is 0.481 e. The fourth-order valence-corrected chi connectivity index (χ4v) is 7.40. The number of hydrogen-bond acceptors (Lipinski definition) is 3. The number of aliphatic carboxylic acids is 1. The second-order valence-corrected chi connectivity index (χ2v) is 11.6. The van der Waals surface area contributed by atoms with Crippen molar-refractivity contribution >= 4 is 11.9 Å². The second kappa shape index (κ2) is 6.74. The van der Waals surface area contributed by atoms with Gasteiger partial charge in [-0.15, -0.1) is 0 Å². The van der Waals surface area contributed by atoms with E-state index in [0.717, 1.165) is 24.7 Å². The van der Waals surface area contributed by atoms with Gasteiger partial charge in [-0.3, -0.25) is 9.59 Å². The molecule has 4 rings (SSSR count). The van der Waals surface area contributed by atoms with Crippen molar-refractivity contribution in [1.82, 2.24) is 0 Å². The third-order valence-corrected chi connectivity index (χ3v) is 10.4. The van der Waals surface area contributed by atoms with Crippen LogP contribution in [0.15, 0.2) is 0 Å². The zero-order valence-electron chi connectivity index (χ0n) is 18.9. The number of ether oxygens (including phenoxy) is 1. The molecule has 0 spiro atoms. The van der Waals surface area contributed by atoms with Crippen molar-refractivity contribution in [2.24, 2.45) is 39.4 Å². The lowest BCUT2D eigenvalue weighted by Gasteiger charge is -2.38. The Hall–Kier alpha value is -1.06. The lowest BCUT2D eigenvalue weighted by atomic mass is 9.66. The average Bonchev–Trinajstić information content (AvgIpc) is 3.06. The minimum absolute atomic E-state index is 0.125. The van der Waals surface area contributed by atoms with Crippen LogP contribution in [0.3, 0.4) is 0 Å². The van der Waals surface area contributed by atoms with Gasteiger partial charge in [0.25, 0.3) is 0 Å². The maximum Gasteiger partial charge on any atom is 0.303 e. The molecule has 0 aromatic heterocycles. The summed E-state index contributed by atoms with van der Waals surface area (Å²) < 4.78 is 5.44. The number of hydrogen-bond donors (Lipinski definition) is 1. The first-order valence-electron chi connectivity index (χ1n) is 11.1. The van der Waals surface area contributed by atoms with E-state index in [0.29, 0.717) is 23.2 Å². The van der Waals surface area contributed by atoms with Gasteiger partial charge in [0.1, 0.15) is 6.10 Å². The smallest absolute Gasteiger partial charge is 0.303 e. The molecule has 4 aliphatic carbocycles. The Kier molecular flexibility index (Phi) is 5.21. The van der Waals surface area contributed by atoms with E-state index in [1.807, 2.05) is 0 Å². The maximum absolute atomic E-state index is 11.0. The first-order valence-corrected chi connectivity index (χ1v) is 11.1. The molecule has 4 heteroatoms. The van der Waals surface area contributed by atoms with Crippen molar-refractivity contribution in [3.05, 3.63) is 0 Å². The Morgan fingerprint density at radius 3 is 1.71 bits per heavy atom. The Morgan fingerprint density at radius 2 is 1.39 bits per heavy atom. The van der Waals surface area contributed by atoms with Gasteiger partial charge in [0.05, 0.1) is 0 Å². The summed E-state index contributed by atoms with van der Waals surface area (Å²) in [6.07, 6.45) is 7.79. The highest BCUT2D eigenvalue weighted by molar-refractivity contribution is 5.67. The standard InChI is InChI=1S/2C12H20O2/c1-8(13)14-10-7-9-5-6-12(10,4)11(9,2)3;1-11(2)8-4-5-12(11,3)9(6-8)7-10(13)14/h9-10H,5-7H2,1-4H3;8-9H,4-7H2,1-3H3,(H,13,14)/t9-,10-,12?;/m0./s1. The molecule has 0 aromatic rings. The van der Waals surface area contributed by atoms with Crippen molar-refractivity contribution in [3.63, 3.8) is 0 Å². The Balaban J connectivity index is 0.000000161. The predicted octanol–water partition coefficient (Wildman–Crippen LogP) is 5.69. The average molecular weight is 393 g/mol. The molecule has 4 aliphatic rings. The Bertz CT molecular complexity index is 595. The lowest BCUT2D eigenvalue weighted by Crippen LogP contribution is -2.37. The van der Waals surface area contributed by atoms with Gasteiger partial charge in [0, 0.05) is 18.8 Å². The van der Waals surface area contributed by atoms with E-state index in [2.05, 4.69) is 41.5 Å². The summed E-state index contributed by atoms with van der Waals surface area (Å²) in [5.74, 6) is 1.17. The molecule has 4 nitrogen and oxygen atoms in total. The third kappa shape index (κ3) is 3.01. The summed E-state index contributed by atoms with van der Waals surface area (Å²) >= 11 is 0. The topological polar surface area (TPSA) is 63.6 Å². The highest BCUT2D eigenvalue weighted by Crippen LogP contribution is 2.69. The van der Waals surface area contributed by atoms with Crippen LogP contribution < -0.4 is 0 Å². The minimum atomic E-state index is -0.625. The van der Waals surface area contributed by atoms with Crippen molar-refractivity contribution in [2.45, 2.75) is 99.5 Å². The van der Waals surface area contributed by atoms with Crippen LogP contribution in [0.1, 0.15) is 93.4 Å². The second-order valence-electron chi connectivity index (χ2n) is 11.6. The number of rotatable bonds is 3. The molecule has 4 fully saturated rings. The number of carboxylic acid groups (broad SMARTS) is 1. The summed E-state index contributed by atoms with van der Waals surface area (Å²) in [5, 5.41) is 8.89. The highest BCUT2D eigenvalue weighted by atomic mass is 16.5. The SMILES string of the molecule is CC(=O)O[C@H]1C[C@@H]2CCC1(C)C2(C)C.CC1(C)C2CCC1(C)C(CC(=O)O)C2. The number of carboxylic acids is 1. The Labute approximate surface area is 170 Å². The van der Waals surface area contributed by atoms with E-state index in [-0.39, 0.29) is 22.9 Å². The van der Waals surface area contributed by atoms with Crippen molar-refractivity contribution < 1.29 is 19.4 Å². The van der Waals surface area contributed by atoms with Gasteiger partial charge in [-0.05, 0) is 72.5 Å². The van der Waals surface area contributed by atoms with Gasteiger partial charge in [-0.25, -0.2) is 0 Å². The maximum atomic E-state index is 11.0. The van der Waals surface area contributed by atoms with E-state index < -0.39 is 5.97 Å². The fourth-order valence-electron chi connectivity index (χ4n) is 7.40. The molecule has 4 saturated carbocycles. The summed E-state index contributed by atoms with van der Waals surface area (Å²) in [6, 6.07) is 0. The summed E-state index contributed by atoms with van der Waals surface area (Å²) in [4.78, 5) is 21.8. The van der Waals surface area contributed by atoms with Gasteiger partial charge >= 0.3 is 11.9 Å². The van der Waals surface area contributed by atoms with E-state index in [1.54, 1.807) is 0 Å². The minimum Gasteiger partial charge on any atom is -0.481 e. The fraction of sp³-hybridized carbons (Fsp3) is 0.917. The normalized spacial score (nSPS) is 44.1. The highest BCUT2D eigenvalue weighted by Gasteiger charge is 2.63. The zero-order chi connectivity index (χ0) is 21.1. The van der Waals surface area contributed by atoms with Gasteiger partial charge in [-0.2, -0.15) is 0 Å². The van der Waals surface area contributed by atoms with Gasteiger partial charge in [0.15, 0.2) is 0 Å². The molecule has 0 amide bonds. The van der Waals surface area contributed by atoms with E-state index in [1.165, 1.54) is 32.6 Å². The van der Waals surface area contributed by atoms with E-state index >= 15 is 0 Å². The van der Waals surface area contributed by atoms with Crippen LogP contribution in [0.5, 0.6) is 0 Å². The number of fused-ring (bicyclic) bond motifs is 4. The molecule has 1 N–H and O–H groups in total. The van der Waals surface area contributed by atoms with Crippen LogP contribution in [0.4, 0.5) is 0 Å². The molecule has 6 atom stereocenters. The first-order chi connectivity index (χ1) is 12.8. The molecule has 4 unspecified atom stereocenters. The molecule has 0 heterocycles. The summed E-state index contributed by atoms with van der Waals surface area (Å²) in [6.45, 7) is 15.4. The molecule has 0 saturated heterocycles. The van der Waals surface area contributed by atoms with Crippen LogP contribution in [0.2, 0.25) is 0 Å². The van der Waals surface area contributed by atoms with E-state index in [4.69, 9.17) is 9.84 Å². The number of carbonyl (C=O) groups is 2. The summed E-state index contributed by atoms with van der Waals surface area (Å²) in [5.41, 5.74) is 1.18. The molecule has 0 aromatic carbocycles. The molecule has 4 bridgehead atoms. The van der Waals surface area contributed by atoms with Crippen molar-refractivity contribution in [1.29, 1.82) is 0 Å². The van der Waals surface area contributed by atoms with E-state index in [9.17, 15) is 9.59 Å². The van der Waals surface area contributed by atoms with Crippen LogP contribution in [0, 0.1) is 39.4 Å². The van der Waals surface area contributed by atoms with Crippen LogP contribution >= 0.6 is 0 Å². The molecule has 160 valence electrons. The van der Waals surface area contributed by atoms with Gasteiger partial charge in [0.2, 0.25) is 0 Å². The molecular weight excluding hydrogens is 352 g/mol.